The number of imidazole rings is 1. The van der Waals surface area contributed by atoms with Crippen molar-refractivity contribution in [2.45, 2.75) is 44.4 Å². The van der Waals surface area contributed by atoms with Gasteiger partial charge in [0.05, 0.1) is 18.5 Å². The van der Waals surface area contributed by atoms with Crippen LogP contribution in [0.1, 0.15) is 25.7 Å². The molecule has 0 bridgehead atoms. The summed E-state index contributed by atoms with van der Waals surface area (Å²) < 4.78 is 7.55. The van der Waals surface area contributed by atoms with Crippen molar-refractivity contribution < 1.29 is 19.4 Å². The summed E-state index contributed by atoms with van der Waals surface area (Å²) in [6.45, 7) is 1.41. The lowest BCUT2D eigenvalue weighted by molar-refractivity contribution is -0.124. The highest BCUT2D eigenvalue weighted by atomic mass is 16.5. The molecule has 3 atom stereocenters. The first-order chi connectivity index (χ1) is 14.1. The largest absolute Gasteiger partial charge is 0.484 e. The van der Waals surface area contributed by atoms with Gasteiger partial charge in [0.25, 0.3) is 5.91 Å². The minimum absolute atomic E-state index is 0.114. The summed E-state index contributed by atoms with van der Waals surface area (Å²) in [7, 11) is 0. The van der Waals surface area contributed by atoms with Crippen molar-refractivity contribution >= 4 is 17.5 Å². The first kappa shape index (κ1) is 19.4. The Labute approximate surface area is 169 Å². The van der Waals surface area contributed by atoms with Gasteiger partial charge in [-0.15, -0.1) is 0 Å². The van der Waals surface area contributed by atoms with Gasteiger partial charge in [0.15, 0.2) is 6.61 Å². The summed E-state index contributed by atoms with van der Waals surface area (Å²) in [6, 6.07) is 6.93. The minimum Gasteiger partial charge on any atom is -0.484 e. The minimum atomic E-state index is -0.551. The highest BCUT2D eigenvalue weighted by Crippen LogP contribution is 2.28. The second-order valence-corrected chi connectivity index (χ2v) is 7.77. The predicted octanol–water partition coefficient (Wildman–Crippen LogP) is 1.34. The van der Waals surface area contributed by atoms with E-state index in [1.807, 2.05) is 22.9 Å². The maximum atomic E-state index is 12.2. The number of carbonyl (C=O) groups is 2. The van der Waals surface area contributed by atoms with Crippen LogP contribution >= 0.6 is 0 Å². The van der Waals surface area contributed by atoms with Crippen LogP contribution in [0.25, 0.3) is 0 Å². The number of hydrogen-bond acceptors (Lipinski definition) is 5. The molecular formula is C21H26N4O4. The Balaban J connectivity index is 1.23. The Bertz CT molecular complexity index is 837. The Morgan fingerprint density at radius 1 is 1.28 bits per heavy atom. The summed E-state index contributed by atoms with van der Waals surface area (Å²) in [5.74, 6) is 0.752. The quantitative estimate of drug-likeness (QED) is 0.734. The van der Waals surface area contributed by atoms with E-state index in [-0.39, 0.29) is 24.5 Å². The van der Waals surface area contributed by atoms with Crippen molar-refractivity contribution in [1.82, 2.24) is 14.9 Å². The van der Waals surface area contributed by atoms with Crippen LogP contribution in [-0.4, -0.2) is 51.8 Å². The van der Waals surface area contributed by atoms with Crippen molar-refractivity contribution in [2.24, 2.45) is 5.92 Å². The van der Waals surface area contributed by atoms with Gasteiger partial charge in [-0.05, 0) is 49.4 Å². The zero-order valence-corrected chi connectivity index (χ0v) is 16.2. The van der Waals surface area contributed by atoms with E-state index < -0.39 is 6.10 Å². The molecule has 1 aromatic carbocycles. The summed E-state index contributed by atoms with van der Waals surface area (Å²) >= 11 is 0. The molecule has 2 aromatic rings. The van der Waals surface area contributed by atoms with Gasteiger partial charge in [-0.3, -0.25) is 9.59 Å². The van der Waals surface area contributed by atoms with E-state index in [4.69, 9.17) is 4.74 Å². The zero-order chi connectivity index (χ0) is 20.2. The van der Waals surface area contributed by atoms with Crippen LogP contribution in [0.15, 0.2) is 43.0 Å². The molecule has 0 spiro atoms. The number of amides is 2. The average molecular weight is 398 g/mol. The van der Waals surface area contributed by atoms with Crippen LogP contribution in [0, 0.1) is 5.92 Å². The number of ether oxygens (including phenoxy) is 1. The molecule has 2 fully saturated rings. The van der Waals surface area contributed by atoms with Crippen LogP contribution < -0.4 is 15.0 Å². The fourth-order valence-electron chi connectivity index (χ4n) is 4.16. The Morgan fingerprint density at radius 2 is 2.10 bits per heavy atom. The van der Waals surface area contributed by atoms with Crippen molar-refractivity contribution in [3.8, 4) is 5.75 Å². The van der Waals surface area contributed by atoms with Gasteiger partial charge >= 0.3 is 0 Å². The number of hydrogen-bond donors (Lipinski definition) is 2. The standard InChI is InChI=1S/C21H26N4O4/c26-19-11-15(12-24-9-7-22-14-24)10-18(19)23-20(27)13-29-17-5-3-16(4-6-17)25-8-1-2-21(25)28/h3-7,9,14-15,18-19,26H,1-2,8,10-13H2,(H,23,27)/t15?,18-,19-/m1/s1. The highest BCUT2D eigenvalue weighted by molar-refractivity contribution is 5.95. The summed E-state index contributed by atoms with van der Waals surface area (Å²) in [6.07, 6.45) is 7.70. The topological polar surface area (TPSA) is 96.7 Å². The third-order valence-corrected chi connectivity index (χ3v) is 5.59. The molecule has 8 heteroatoms. The molecule has 2 aliphatic rings. The first-order valence-corrected chi connectivity index (χ1v) is 10.0. The number of rotatable bonds is 7. The average Bonchev–Trinajstić information content (AvgIpc) is 3.44. The van der Waals surface area contributed by atoms with Crippen molar-refractivity contribution in [3.63, 3.8) is 0 Å². The van der Waals surface area contributed by atoms with Gasteiger partial charge < -0.3 is 24.6 Å². The smallest absolute Gasteiger partial charge is 0.258 e. The second kappa shape index (κ2) is 8.65. The number of aromatic nitrogens is 2. The Morgan fingerprint density at radius 3 is 2.79 bits per heavy atom. The zero-order valence-electron chi connectivity index (χ0n) is 16.2. The van der Waals surface area contributed by atoms with Crippen molar-refractivity contribution in [3.05, 3.63) is 43.0 Å². The Hall–Kier alpha value is -2.87. The van der Waals surface area contributed by atoms with Crippen LogP contribution in [-0.2, 0) is 16.1 Å². The number of aliphatic hydroxyl groups is 1. The normalized spacial score (nSPS) is 24.1. The van der Waals surface area contributed by atoms with Crippen molar-refractivity contribution in [1.29, 1.82) is 0 Å². The fraction of sp³-hybridized carbons (Fsp3) is 0.476. The third kappa shape index (κ3) is 4.76. The number of nitrogens with zero attached hydrogens (tertiary/aromatic N) is 3. The summed E-state index contributed by atoms with van der Waals surface area (Å²) in [5, 5.41) is 13.1. The molecule has 4 rings (SSSR count). The molecule has 2 heterocycles. The molecular weight excluding hydrogens is 372 g/mol. The predicted molar refractivity (Wildman–Crippen MR) is 106 cm³/mol. The molecule has 1 aliphatic carbocycles. The van der Waals surface area contributed by atoms with E-state index in [0.29, 0.717) is 24.5 Å². The molecule has 8 nitrogen and oxygen atoms in total. The fourth-order valence-corrected chi connectivity index (χ4v) is 4.16. The lowest BCUT2D eigenvalue weighted by Crippen LogP contribution is -2.42. The van der Waals surface area contributed by atoms with E-state index in [9.17, 15) is 14.7 Å². The van der Waals surface area contributed by atoms with Crippen molar-refractivity contribution in [2.75, 3.05) is 18.1 Å². The molecule has 0 radical (unpaired) electrons. The number of benzene rings is 1. The molecule has 154 valence electrons. The molecule has 2 N–H and O–H groups in total. The Kier molecular flexibility index (Phi) is 5.80. The van der Waals surface area contributed by atoms with E-state index in [2.05, 4.69) is 10.3 Å². The lowest BCUT2D eigenvalue weighted by atomic mass is 10.1. The third-order valence-electron chi connectivity index (χ3n) is 5.59. The first-order valence-electron chi connectivity index (χ1n) is 10.0. The van der Waals surface area contributed by atoms with E-state index >= 15 is 0 Å². The number of anilines is 1. The molecule has 1 aromatic heterocycles. The summed E-state index contributed by atoms with van der Waals surface area (Å²) in [4.78, 5) is 29.8. The maximum absolute atomic E-state index is 12.2. The molecule has 1 saturated carbocycles. The monoisotopic (exact) mass is 398 g/mol. The SMILES string of the molecule is O=C(COc1ccc(N2CCCC2=O)cc1)N[C@@H]1CC(Cn2ccnc2)C[C@H]1O. The molecule has 1 saturated heterocycles. The highest BCUT2D eigenvalue weighted by Gasteiger charge is 2.34. The van der Waals surface area contributed by atoms with Gasteiger partial charge in [0.1, 0.15) is 5.75 Å². The van der Waals surface area contributed by atoms with Gasteiger partial charge in [-0.25, -0.2) is 4.98 Å². The number of aliphatic hydroxyl groups excluding tert-OH is 1. The number of nitrogens with one attached hydrogen (secondary N) is 1. The van der Waals surface area contributed by atoms with E-state index in [1.165, 1.54) is 0 Å². The van der Waals surface area contributed by atoms with E-state index in [0.717, 1.165) is 31.6 Å². The van der Waals surface area contributed by atoms with Gasteiger partial charge in [0.2, 0.25) is 5.91 Å². The van der Waals surface area contributed by atoms with Gasteiger partial charge in [-0.2, -0.15) is 0 Å². The molecule has 1 aliphatic heterocycles. The van der Waals surface area contributed by atoms with Gasteiger partial charge in [-0.1, -0.05) is 0 Å². The van der Waals surface area contributed by atoms with Gasteiger partial charge in [0, 0.05) is 37.6 Å². The second-order valence-electron chi connectivity index (χ2n) is 7.77. The van der Waals surface area contributed by atoms with E-state index in [1.54, 1.807) is 29.6 Å². The molecule has 2 amide bonds. The van der Waals surface area contributed by atoms with Crippen LogP contribution in [0.2, 0.25) is 0 Å². The number of carbonyl (C=O) groups excluding carboxylic acids is 2. The lowest BCUT2D eigenvalue weighted by Gasteiger charge is -2.17. The maximum Gasteiger partial charge on any atom is 0.258 e. The van der Waals surface area contributed by atoms with Crippen LogP contribution in [0.5, 0.6) is 5.75 Å². The van der Waals surface area contributed by atoms with Crippen LogP contribution in [0.3, 0.4) is 0 Å². The van der Waals surface area contributed by atoms with Crippen LogP contribution in [0.4, 0.5) is 5.69 Å². The molecule has 29 heavy (non-hydrogen) atoms. The summed E-state index contributed by atoms with van der Waals surface area (Å²) in [5.41, 5.74) is 0.849. The molecule has 1 unspecified atom stereocenters.